The summed E-state index contributed by atoms with van der Waals surface area (Å²) in [6.45, 7) is 3.71. The molecule has 0 aliphatic rings. The fourth-order valence-electron chi connectivity index (χ4n) is 2.00. The molecule has 0 aliphatic heterocycles. The second-order valence-electron chi connectivity index (χ2n) is 5.00. The summed E-state index contributed by atoms with van der Waals surface area (Å²) >= 11 is 0. The van der Waals surface area contributed by atoms with Gasteiger partial charge in [0, 0.05) is 13.1 Å². The largest absolute Gasteiger partial charge is 0.497 e. The van der Waals surface area contributed by atoms with Crippen LogP contribution in [0.4, 0.5) is 0 Å². The molecule has 2 rings (SSSR count). The van der Waals surface area contributed by atoms with Crippen molar-refractivity contribution >= 4 is 10.0 Å². The van der Waals surface area contributed by atoms with Gasteiger partial charge < -0.3 is 14.8 Å². The Morgan fingerprint density at radius 3 is 1.96 bits per heavy atom. The number of sulfonamides is 1. The van der Waals surface area contributed by atoms with Gasteiger partial charge in [0.2, 0.25) is 10.0 Å². The third kappa shape index (κ3) is 5.23. The van der Waals surface area contributed by atoms with E-state index in [-0.39, 0.29) is 4.90 Å². The van der Waals surface area contributed by atoms with Crippen molar-refractivity contribution in [3.8, 4) is 17.2 Å². The van der Waals surface area contributed by atoms with E-state index < -0.39 is 10.0 Å². The number of benzene rings is 2. The van der Waals surface area contributed by atoms with Crippen molar-refractivity contribution < 1.29 is 17.9 Å². The van der Waals surface area contributed by atoms with Gasteiger partial charge in [0.25, 0.3) is 0 Å². The third-order valence-corrected chi connectivity index (χ3v) is 4.75. The number of likely N-dealkylation sites (N-methyl/N-ethyl adjacent to an activating group) is 1. The van der Waals surface area contributed by atoms with Crippen LogP contribution in [-0.4, -0.2) is 35.2 Å². The Balaban J connectivity index is 1.98. The maximum absolute atomic E-state index is 12.1. The highest BCUT2D eigenvalue weighted by Gasteiger charge is 2.13. The molecule has 0 bridgehead atoms. The van der Waals surface area contributed by atoms with E-state index in [1.807, 2.05) is 6.92 Å². The molecule has 0 fully saturated rings. The van der Waals surface area contributed by atoms with Crippen molar-refractivity contribution in [2.75, 3.05) is 26.7 Å². The van der Waals surface area contributed by atoms with E-state index >= 15 is 0 Å². The van der Waals surface area contributed by atoms with E-state index in [9.17, 15) is 8.42 Å². The van der Waals surface area contributed by atoms with Gasteiger partial charge in [0.15, 0.2) is 0 Å². The van der Waals surface area contributed by atoms with E-state index in [4.69, 9.17) is 9.47 Å². The normalized spacial score (nSPS) is 11.2. The molecule has 0 heterocycles. The Bertz CT molecular complexity index is 728. The van der Waals surface area contributed by atoms with Gasteiger partial charge in [0.05, 0.1) is 12.0 Å². The summed E-state index contributed by atoms with van der Waals surface area (Å²) in [6.07, 6.45) is 0. The Kier molecular flexibility index (Phi) is 6.60. The SMILES string of the molecule is CCNCCNS(=O)(=O)c1ccc(Oc2ccc(OC)cc2)cc1. The molecule has 6 nitrogen and oxygen atoms in total. The predicted molar refractivity (Wildman–Crippen MR) is 93.2 cm³/mol. The van der Waals surface area contributed by atoms with Crippen molar-refractivity contribution in [1.82, 2.24) is 10.0 Å². The molecule has 2 N–H and O–H groups in total. The number of hydrogen-bond acceptors (Lipinski definition) is 5. The van der Waals surface area contributed by atoms with Crippen LogP contribution in [0.2, 0.25) is 0 Å². The van der Waals surface area contributed by atoms with Crippen LogP contribution in [0.3, 0.4) is 0 Å². The van der Waals surface area contributed by atoms with Gasteiger partial charge in [-0.1, -0.05) is 6.92 Å². The van der Waals surface area contributed by atoms with Crippen LogP contribution in [0.15, 0.2) is 53.4 Å². The predicted octanol–water partition coefficient (Wildman–Crippen LogP) is 2.38. The number of nitrogens with one attached hydrogen (secondary N) is 2. The first-order chi connectivity index (χ1) is 11.5. The van der Waals surface area contributed by atoms with Crippen LogP contribution < -0.4 is 19.5 Å². The zero-order valence-corrected chi connectivity index (χ0v) is 14.6. The highest BCUT2D eigenvalue weighted by molar-refractivity contribution is 7.89. The summed E-state index contributed by atoms with van der Waals surface area (Å²) < 4.78 is 37.6. The van der Waals surface area contributed by atoms with Crippen molar-refractivity contribution in [3.63, 3.8) is 0 Å². The van der Waals surface area contributed by atoms with Gasteiger partial charge in [-0.25, -0.2) is 13.1 Å². The summed E-state index contributed by atoms with van der Waals surface area (Å²) in [5.41, 5.74) is 0. The summed E-state index contributed by atoms with van der Waals surface area (Å²) in [5, 5.41) is 3.06. The lowest BCUT2D eigenvalue weighted by molar-refractivity contribution is 0.413. The fourth-order valence-corrected chi connectivity index (χ4v) is 3.03. The Hall–Kier alpha value is -2.09. The van der Waals surface area contributed by atoms with Gasteiger partial charge in [0.1, 0.15) is 17.2 Å². The quantitative estimate of drug-likeness (QED) is 0.679. The lowest BCUT2D eigenvalue weighted by Crippen LogP contribution is -2.31. The summed E-state index contributed by atoms with van der Waals surface area (Å²) in [6, 6.07) is 13.5. The lowest BCUT2D eigenvalue weighted by atomic mass is 10.3. The van der Waals surface area contributed by atoms with Crippen molar-refractivity contribution in [1.29, 1.82) is 0 Å². The van der Waals surface area contributed by atoms with Gasteiger partial charge in [-0.3, -0.25) is 0 Å². The second kappa shape index (κ2) is 8.68. The molecular weight excluding hydrogens is 328 g/mol. The molecule has 0 aromatic heterocycles. The molecule has 24 heavy (non-hydrogen) atoms. The molecule has 2 aromatic rings. The average molecular weight is 350 g/mol. The van der Waals surface area contributed by atoms with E-state index in [1.165, 1.54) is 12.1 Å². The minimum absolute atomic E-state index is 0.209. The van der Waals surface area contributed by atoms with E-state index in [1.54, 1.807) is 43.5 Å². The average Bonchev–Trinajstić information content (AvgIpc) is 2.60. The maximum atomic E-state index is 12.1. The Morgan fingerprint density at radius 2 is 1.42 bits per heavy atom. The molecule has 0 spiro atoms. The smallest absolute Gasteiger partial charge is 0.240 e. The van der Waals surface area contributed by atoms with Crippen molar-refractivity contribution in [2.24, 2.45) is 0 Å². The summed E-state index contributed by atoms with van der Waals surface area (Å²) in [4.78, 5) is 0.209. The number of methoxy groups -OCH3 is 1. The first kappa shape index (κ1) is 18.3. The van der Waals surface area contributed by atoms with Crippen molar-refractivity contribution in [3.05, 3.63) is 48.5 Å². The van der Waals surface area contributed by atoms with Gasteiger partial charge in [-0.15, -0.1) is 0 Å². The highest BCUT2D eigenvalue weighted by atomic mass is 32.2. The molecule has 0 saturated carbocycles. The molecule has 0 unspecified atom stereocenters. The third-order valence-electron chi connectivity index (χ3n) is 3.27. The van der Waals surface area contributed by atoms with Crippen LogP contribution in [0.25, 0.3) is 0 Å². The molecule has 0 atom stereocenters. The number of ether oxygens (including phenoxy) is 2. The Labute approximate surface area is 142 Å². The number of hydrogen-bond donors (Lipinski definition) is 2. The van der Waals surface area contributed by atoms with Crippen LogP contribution in [-0.2, 0) is 10.0 Å². The molecule has 130 valence electrons. The van der Waals surface area contributed by atoms with Crippen LogP contribution >= 0.6 is 0 Å². The van der Waals surface area contributed by atoms with Gasteiger partial charge in [-0.05, 0) is 55.1 Å². The van der Waals surface area contributed by atoms with Crippen molar-refractivity contribution in [2.45, 2.75) is 11.8 Å². The molecule has 0 aliphatic carbocycles. The molecular formula is C17H22N2O4S. The van der Waals surface area contributed by atoms with E-state index in [0.29, 0.717) is 24.6 Å². The van der Waals surface area contributed by atoms with Gasteiger partial charge in [-0.2, -0.15) is 0 Å². The van der Waals surface area contributed by atoms with Crippen LogP contribution in [0.5, 0.6) is 17.2 Å². The zero-order valence-electron chi connectivity index (χ0n) is 13.8. The first-order valence-electron chi connectivity index (χ1n) is 7.67. The van der Waals surface area contributed by atoms with E-state index in [0.717, 1.165) is 12.3 Å². The molecule has 7 heteroatoms. The minimum Gasteiger partial charge on any atom is -0.497 e. The first-order valence-corrected chi connectivity index (χ1v) is 9.16. The van der Waals surface area contributed by atoms with Gasteiger partial charge >= 0.3 is 0 Å². The highest BCUT2D eigenvalue weighted by Crippen LogP contribution is 2.24. The number of rotatable bonds is 9. The maximum Gasteiger partial charge on any atom is 0.240 e. The molecule has 2 aromatic carbocycles. The zero-order chi connectivity index (χ0) is 17.4. The molecule has 0 saturated heterocycles. The standard InChI is InChI=1S/C17H22N2O4S/c1-3-18-12-13-19-24(20,21)17-10-8-16(9-11-17)23-15-6-4-14(22-2)5-7-15/h4-11,18-19H,3,12-13H2,1-2H3. The molecule has 0 radical (unpaired) electrons. The van der Waals surface area contributed by atoms with E-state index in [2.05, 4.69) is 10.0 Å². The van der Waals surface area contributed by atoms with Crippen LogP contribution in [0.1, 0.15) is 6.92 Å². The van der Waals surface area contributed by atoms with Crippen LogP contribution in [0, 0.1) is 0 Å². The fraction of sp³-hybridized carbons (Fsp3) is 0.294. The Morgan fingerprint density at radius 1 is 0.875 bits per heavy atom. The topological polar surface area (TPSA) is 76.7 Å². The minimum atomic E-state index is -3.50. The summed E-state index contributed by atoms with van der Waals surface area (Å²) in [7, 11) is -1.90. The monoisotopic (exact) mass is 350 g/mol. The second-order valence-corrected chi connectivity index (χ2v) is 6.77. The summed E-state index contributed by atoms with van der Waals surface area (Å²) in [5.74, 6) is 1.95. The lowest BCUT2D eigenvalue weighted by Gasteiger charge is -2.09. The molecule has 0 amide bonds.